The average molecular weight is 281 g/mol. The van der Waals surface area contributed by atoms with Crippen LogP contribution < -0.4 is 10.1 Å². The van der Waals surface area contributed by atoms with Crippen LogP contribution in [0.1, 0.15) is 16.7 Å². The van der Waals surface area contributed by atoms with Gasteiger partial charge in [0.15, 0.2) is 6.61 Å². The lowest BCUT2D eigenvalue weighted by Gasteiger charge is -2.13. The SMILES string of the molecule is Cc1ccc(C)c(OCC(=O)NCCOCCO)c1C. The van der Waals surface area contributed by atoms with Gasteiger partial charge >= 0.3 is 0 Å². The van der Waals surface area contributed by atoms with E-state index in [0.717, 1.165) is 22.4 Å². The zero-order valence-corrected chi connectivity index (χ0v) is 12.4. The molecule has 112 valence electrons. The quantitative estimate of drug-likeness (QED) is 0.701. The first kappa shape index (κ1) is 16.5. The Labute approximate surface area is 119 Å². The van der Waals surface area contributed by atoms with E-state index >= 15 is 0 Å². The molecule has 1 amide bonds. The number of carbonyl (C=O) groups excluding carboxylic acids is 1. The molecule has 0 aliphatic rings. The number of carbonyl (C=O) groups is 1. The van der Waals surface area contributed by atoms with Gasteiger partial charge in [0.25, 0.3) is 5.91 Å². The summed E-state index contributed by atoms with van der Waals surface area (Å²) in [5, 5.41) is 11.2. The molecule has 5 nitrogen and oxygen atoms in total. The highest BCUT2D eigenvalue weighted by atomic mass is 16.5. The lowest BCUT2D eigenvalue weighted by atomic mass is 10.1. The summed E-state index contributed by atoms with van der Waals surface area (Å²) in [6, 6.07) is 4.02. The first-order valence-corrected chi connectivity index (χ1v) is 6.71. The van der Waals surface area contributed by atoms with Gasteiger partial charge in [0.2, 0.25) is 0 Å². The van der Waals surface area contributed by atoms with Gasteiger partial charge in [0.1, 0.15) is 5.75 Å². The van der Waals surface area contributed by atoms with Crippen molar-refractivity contribution < 1.29 is 19.4 Å². The molecule has 20 heavy (non-hydrogen) atoms. The van der Waals surface area contributed by atoms with Crippen LogP contribution in [-0.2, 0) is 9.53 Å². The Morgan fingerprint density at radius 2 is 1.90 bits per heavy atom. The minimum atomic E-state index is -0.182. The summed E-state index contributed by atoms with van der Waals surface area (Å²) in [7, 11) is 0. The van der Waals surface area contributed by atoms with Crippen molar-refractivity contribution in [3.05, 3.63) is 28.8 Å². The maximum atomic E-state index is 11.6. The van der Waals surface area contributed by atoms with Gasteiger partial charge in [-0.1, -0.05) is 12.1 Å². The molecule has 0 spiro atoms. The molecule has 0 unspecified atom stereocenters. The predicted molar refractivity (Wildman–Crippen MR) is 77.1 cm³/mol. The molecule has 5 heteroatoms. The maximum absolute atomic E-state index is 11.6. The molecule has 0 saturated heterocycles. The highest BCUT2D eigenvalue weighted by Gasteiger charge is 2.08. The van der Waals surface area contributed by atoms with E-state index in [1.807, 2.05) is 32.9 Å². The molecule has 0 fully saturated rings. The molecule has 0 radical (unpaired) electrons. The summed E-state index contributed by atoms with van der Waals surface area (Å²) in [6.45, 7) is 7.02. The molecule has 0 aliphatic carbocycles. The van der Waals surface area contributed by atoms with Crippen LogP contribution in [0.4, 0.5) is 0 Å². The average Bonchev–Trinajstić information content (AvgIpc) is 2.43. The lowest BCUT2D eigenvalue weighted by Crippen LogP contribution is -2.32. The predicted octanol–water partition coefficient (Wildman–Crippen LogP) is 1.12. The van der Waals surface area contributed by atoms with Crippen molar-refractivity contribution in [2.75, 3.05) is 33.0 Å². The van der Waals surface area contributed by atoms with Crippen LogP contribution in [0.3, 0.4) is 0 Å². The summed E-state index contributed by atoms with van der Waals surface area (Å²) in [5.74, 6) is 0.592. The van der Waals surface area contributed by atoms with E-state index in [1.54, 1.807) is 0 Å². The monoisotopic (exact) mass is 281 g/mol. The van der Waals surface area contributed by atoms with Crippen molar-refractivity contribution in [1.29, 1.82) is 0 Å². The van der Waals surface area contributed by atoms with Crippen LogP contribution in [0.5, 0.6) is 5.75 Å². The van der Waals surface area contributed by atoms with Crippen molar-refractivity contribution >= 4 is 5.91 Å². The number of aliphatic hydroxyl groups is 1. The second-order valence-electron chi connectivity index (χ2n) is 4.63. The normalized spacial score (nSPS) is 10.4. The number of nitrogens with one attached hydrogen (secondary N) is 1. The lowest BCUT2D eigenvalue weighted by molar-refractivity contribution is -0.123. The van der Waals surface area contributed by atoms with Crippen molar-refractivity contribution in [3.8, 4) is 5.75 Å². The van der Waals surface area contributed by atoms with E-state index in [-0.39, 0.29) is 25.7 Å². The molecular weight excluding hydrogens is 258 g/mol. The molecule has 1 rings (SSSR count). The first-order valence-electron chi connectivity index (χ1n) is 6.71. The van der Waals surface area contributed by atoms with Crippen LogP contribution in [0.25, 0.3) is 0 Å². The van der Waals surface area contributed by atoms with Gasteiger partial charge in [0, 0.05) is 6.54 Å². The van der Waals surface area contributed by atoms with E-state index in [1.165, 1.54) is 0 Å². The van der Waals surface area contributed by atoms with Crippen molar-refractivity contribution in [2.24, 2.45) is 0 Å². The Bertz CT molecular complexity index is 446. The molecule has 0 bridgehead atoms. The Balaban J connectivity index is 2.36. The molecule has 1 aromatic carbocycles. The Morgan fingerprint density at radius 3 is 2.60 bits per heavy atom. The van der Waals surface area contributed by atoms with Gasteiger partial charge in [-0.05, 0) is 37.5 Å². The fraction of sp³-hybridized carbons (Fsp3) is 0.533. The van der Waals surface area contributed by atoms with Crippen LogP contribution in [-0.4, -0.2) is 44.0 Å². The van der Waals surface area contributed by atoms with Crippen molar-refractivity contribution in [1.82, 2.24) is 5.32 Å². The second kappa shape index (κ2) is 8.55. The third-order valence-electron chi connectivity index (χ3n) is 3.03. The van der Waals surface area contributed by atoms with Crippen LogP contribution in [0.15, 0.2) is 12.1 Å². The second-order valence-corrected chi connectivity index (χ2v) is 4.63. The van der Waals surface area contributed by atoms with Crippen LogP contribution >= 0.6 is 0 Å². The van der Waals surface area contributed by atoms with E-state index in [0.29, 0.717) is 13.2 Å². The Morgan fingerprint density at radius 1 is 1.20 bits per heavy atom. The number of hydrogen-bond acceptors (Lipinski definition) is 4. The van der Waals surface area contributed by atoms with Crippen molar-refractivity contribution in [3.63, 3.8) is 0 Å². The standard InChI is InChI=1S/C15H23NO4/c1-11-4-5-12(2)15(13(11)3)20-10-14(18)16-6-8-19-9-7-17/h4-5,17H,6-10H2,1-3H3,(H,16,18). The Kier molecular flexibility index (Phi) is 7.04. The van der Waals surface area contributed by atoms with E-state index in [9.17, 15) is 4.79 Å². The number of hydrogen-bond donors (Lipinski definition) is 2. The van der Waals surface area contributed by atoms with Gasteiger partial charge in [-0.25, -0.2) is 0 Å². The first-order chi connectivity index (χ1) is 9.56. The molecule has 0 atom stereocenters. The number of ether oxygens (including phenoxy) is 2. The molecular formula is C15H23NO4. The van der Waals surface area contributed by atoms with E-state index in [2.05, 4.69) is 5.32 Å². The van der Waals surface area contributed by atoms with Gasteiger partial charge in [0.05, 0.1) is 19.8 Å². The minimum absolute atomic E-state index is 0.00880. The molecule has 0 aliphatic heterocycles. The highest BCUT2D eigenvalue weighted by Crippen LogP contribution is 2.25. The highest BCUT2D eigenvalue weighted by molar-refractivity contribution is 5.77. The summed E-state index contributed by atoms with van der Waals surface area (Å²) in [6.07, 6.45) is 0. The zero-order valence-electron chi connectivity index (χ0n) is 12.4. The third kappa shape index (κ3) is 5.19. The van der Waals surface area contributed by atoms with E-state index in [4.69, 9.17) is 14.6 Å². The van der Waals surface area contributed by atoms with Crippen LogP contribution in [0.2, 0.25) is 0 Å². The largest absolute Gasteiger partial charge is 0.483 e. The molecule has 2 N–H and O–H groups in total. The maximum Gasteiger partial charge on any atom is 0.258 e. The fourth-order valence-corrected chi connectivity index (χ4v) is 1.77. The smallest absolute Gasteiger partial charge is 0.258 e. The molecule has 0 aromatic heterocycles. The van der Waals surface area contributed by atoms with Gasteiger partial charge in [-0.15, -0.1) is 0 Å². The topological polar surface area (TPSA) is 67.8 Å². The molecule has 0 saturated carbocycles. The summed E-state index contributed by atoms with van der Waals surface area (Å²) < 4.78 is 10.6. The number of aliphatic hydroxyl groups excluding tert-OH is 1. The van der Waals surface area contributed by atoms with Gasteiger partial charge < -0.3 is 19.9 Å². The number of rotatable bonds is 8. The van der Waals surface area contributed by atoms with Gasteiger partial charge in [-0.2, -0.15) is 0 Å². The molecule has 1 aromatic rings. The number of benzene rings is 1. The fourth-order valence-electron chi connectivity index (χ4n) is 1.77. The van der Waals surface area contributed by atoms with Gasteiger partial charge in [-0.3, -0.25) is 4.79 Å². The zero-order chi connectivity index (χ0) is 15.0. The third-order valence-corrected chi connectivity index (χ3v) is 3.03. The van der Waals surface area contributed by atoms with E-state index < -0.39 is 0 Å². The minimum Gasteiger partial charge on any atom is -0.483 e. The molecule has 0 heterocycles. The Hall–Kier alpha value is -1.59. The van der Waals surface area contributed by atoms with Crippen LogP contribution in [0, 0.1) is 20.8 Å². The summed E-state index contributed by atoms with van der Waals surface area (Å²) in [4.78, 5) is 11.6. The number of aryl methyl sites for hydroxylation is 2. The summed E-state index contributed by atoms with van der Waals surface area (Å²) in [5.41, 5.74) is 3.22. The number of amides is 1. The summed E-state index contributed by atoms with van der Waals surface area (Å²) >= 11 is 0. The van der Waals surface area contributed by atoms with Crippen molar-refractivity contribution in [2.45, 2.75) is 20.8 Å².